The molecule has 0 radical (unpaired) electrons. The number of benzene rings is 1. The van der Waals surface area contributed by atoms with Crippen LogP contribution in [-0.2, 0) is 0 Å². The molecule has 1 aromatic carbocycles. The minimum Gasteiger partial charge on any atom is -0.463 e. The molecule has 1 aromatic heterocycles. The number of nitrogens with zero attached hydrogens (tertiary/aromatic N) is 3. The third kappa shape index (κ3) is 2.10. The van der Waals surface area contributed by atoms with E-state index < -0.39 is 5.56 Å². The van der Waals surface area contributed by atoms with Gasteiger partial charge in [-0.2, -0.15) is 4.68 Å². The maximum atomic E-state index is 11.9. The van der Waals surface area contributed by atoms with Crippen molar-refractivity contribution < 1.29 is 4.74 Å². The molecule has 0 unspecified atom stereocenters. The van der Waals surface area contributed by atoms with Gasteiger partial charge in [0.05, 0.1) is 6.61 Å². The second kappa shape index (κ2) is 4.65. The lowest BCUT2D eigenvalue weighted by Crippen LogP contribution is -2.31. The number of nitrogen functional groups attached to an aromatic ring is 1. The van der Waals surface area contributed by atoms with Crippen LogP contribution in [0.1, 0.15) is 6.92 Å². The van der Waals surface area contributed by atoms with Crippen LogP contribution in [0.15, 0.2) is 35.1 Å². The zero-order valence-electron chi connectivity index (χ0n) is 9.33. The highest BCUT2D eigenvalue weighted by Crippen LogP contribution is 2.11. The summed E-state index contributed by atoms with van der Waals surface area (Å²) in [6.45, 7) is 2.15. The predicted molar refractivity (Wildman–Crippen MR) is 63.0 cm³/mol. The van der Waals surface area contributed by atoms with E-state index in [0.29, 0.717) is 12.2 Å². The maximum absolute atomic E-state index is 11.9. The van der Waals surface area contributed by atoms with E-state index in [4.69, 9.17) is 10.6 Å². The summed E-state index contributed by atoms with van der Waals surface area (Å²) in [5.41, 5.74) is 0.443. The van der Waals surface area contributed by atoms with Gasteiger partial charge in [0, 0.05) is 5.56 Å². The number of nitrogens with two attached hydrogens (primary N) is 1. The third-order valence-corrected chi connectivity index (χ3v) is 2.18. The van der Waals surface area contributed by atoms with E-state index >= 15 is 0 Å². The number of hydrogen-bond acceptors (Lipinski definition) is 5. The van der Waals surface area contributed by atoms with Gasteiger partial charge < -0.3 is 10.6 Å². The van der Waals surface area contributed by atoms with Crippen molar-refractivity contribution in [2.75, 3.05) is 12.4 Å². The van der Waals surface area contributed by atoms with Gasteiger partial charge in [-0.15, -0.1) is 5.10 Å². The van der Waals surface area contributed by atoms with Crippen LogP contribution >= 0.6 is 0 Å². The molecular formula is C11H12N4O2. The molecule has 6 nitrogen and oxygen atoms in total. The van der Waals surface area contributed by atoms with Gasteiger partial charge in [0.25, 0.3) is 0 Å². The Morgan fingerprint density at radius 3 is 2.65 bits per heavy atom. The fourth-order valence-electron chi connectivity index (χ4n) is 1.39. The lowest BCUT2D eigenvalue weighted by atomic mass is 10.2. The topological polar surface area (TPSA) is 83.0 Å². The van der Waals surface area contributed by atoms with Gasteiger partial charge in [0.15, 0.2) is 5.69 Å². The number of rotatable bonds is 3. The molecule has 2 aromatic rings. The van der Waals surface area contributed by atoms with Crippen molar-refractivity contribution in [1.82, 2.24) is 14.9 Å². The third-order valence-electron chi connectivity index (χ3n) is 2.18. The molecule has 0 aliphatic rings. The number of aromatic nitrogens is 3. The summed E-state index contributed by atoms with van der Waals surface area (Å²) in [5, 5.41) is 7.61. The zero-order chi connectivity index (χ0) is 12.3. The summed E-state index contributed by atoms with van der Waals surface area (Å²) < 4.78 is 5.93. The van der Waals surface area contributed by atoms with E-state index in [0.717, 1.165) is 4.68 Å². The lowest BCUT2D eigenvalue weighted by Gasteiger charge is -2.07. The first kappa shape index (κ1) is 11.1. The Hall–Kier alpha value is -2.37. The molecule has 2 rings (SSSR count). The molecular weight excluding hydrogens is 220 g/mol. The molecule has 0 atom stereocenters. The van der Waals surface area contributed by atoms with Gasteiger partial charge in [-0.3, -0.25) is 4.79 Å². The van der Waals surface area contributed by atoms with E-state index in [2.05, 4.69) is 10.2 Å². The van der Waals surface area contributed by atoms with Crippen molar-refractivity contribution in [1.29, 1.82) is 0 Å². The molecule has 0 fully saturated rings. The van der Waals surface area contributed by atoms with Crippen LogP contribution in [0.2, 0.25) is 0 Å². The van der Waals surface area contributed by atoms with Gasteiger partial charge >= 0.3 is 11.6 Å². The van der Waals surface area contributed by atoms with Crippen LogP contribution in [0.3, 0.4) is 0 Å². The Labute approximate surface area is 97.6 Å². The largest absolute Gasteiger partial charge is 0.463 e. The van der Waals surface area contributed by atoms with E-state index in [1.807, 2.05) is 18.2 Å². The Bertz CT molecular complexity index is 565. The first-order valence-corrected chi connectivity index (χ1v) is 5.17. The molecule has 1 heterocycles. The second-order valence-corrected chi connectivity index (χ2v) is 3.31. The fraction of sp³-hybridized carbons (Fsp3) is 0.182. The van der Waals surface area contributed by atoms with Gasteiger partial charge in [-0.25, -0.2) is 0 Å². The van der Waals surface area contributed by atoms with Crippen LogP contribution in [0.4, 0.5) is 0 Å². The molecule has 0 aliphatic carbocycles. The normalized spacial score (nSPS) is 10.2. The first-order chi connectivity index (χ1) is 8.24. The maximum Gasteiger partial charge on any atom is 0.337 e. The summed E-state index contributed by atoms with van der Waals surface area (Å²) in [6.07, 6.45) is 0. The van der Waals surface area contributed by atoms with Crippen molar-refractivity contribution in [3.63, 3.8) is 0 Å². The van der Waals surface area contributed by atoms with Crippen LogP contribution in [0, 0.1) is 0 Å². The summed E-state index contributed by atoms with van der Waals surface area (Å²) in [7, 11) is 0. The van der Waals surface area contributed by atoms with Crippen molar-refractivity contribution in [2.45, 2.75) is 6.92 Å². The van der Waals surface area contributed by atoms with Crippen molar-refractivity contribution in [3.05, 3.63) is 40.7 Å². The van der Waals surface area contributed by atoms with Crippen LogP contribution < -0.4 is 16.1 Å². The highest BCUT2D eigenvalue weighted by molar-refractivity contribution is 5.57. The molecule has 0 aliphatic heterocycles. The van der Waals surface area contributed by atoms with Crippen LogP contribution in [0.5, 0.6) is 6.01 Å². The minimum absolute atomic E-state index is 0.0113. The number of ether oxygens (including phenoxy) is 1. The van der Waals surface area contributed by atoms with Crippen molar-refractivity contribution in [3.8, 4) is 17.3 Å². The van der Waals surface area contributed by atoms with Crippen LogP contribution in [0.25, 0.3) is 11.3 Å². The molecule has 0 bridgehead atoms. The van der Waals surface area contributed by atoms with Gasteiger partial charge in [0.2, 0.25) is 0 Å². The Morgan fingerprint density at radius 1 is 1.29 bits per heavy atom. The van der Waals surface area contributed by atoms with Crippen molar-refractivity contribution >= 4 is 0 Å². The SMILES string of the molecule is CCOc1nnc(-c2ccccc2)c(=O)n1N. The van der Waals surface area contributed by atoms with E-state index in [1.165, 1.54) is 0 Å². The molecule has 0 saturated heterocycles. The van der Waals surface area contributed by atoms with Gasteiger partial charge in [0.1, 0.15) is 0 Å². The van der Waals surface area contributed by atoms with Crippen molar-refractivity contribution in [2.24, 2.45) is 0 Å². The first-order valence-electron chi connectivity index (χ1n) is 5.17. The fourth-order valence-corrected chi connectivity index (χ4v) is 1.39. The van der Waals surface area contributed by atoms with E-state index in [-0.39, 0.29) is 11.7 Å². The second-order valence-electron chi connectivity index (χ2n) is 3.31. The van der Waals surface area contributed by atoms with Crippen LogP contribution in [-0.4, -0.2) is 21.5 Å². The molecule has 6 heteroatoms. The Balaban J connectivity index is 2.52. The molecule has 17 heavy (non-hydrogen) atoms. The minimum atomic E-state index is -0.436. The quantitative estimate of drug-likeness (QED) is 0.775. The predicted octanol–water partition coefficient (Wildman–Crippen LogP) is 0.418. The highest BCUT2D eigenvalue weighted by Gasteiger charge is 2.11. The van der Waals surface area contributed by atoms with Gasteiger partial charge in [-0.1, -0.05) is 35.4 Å². The molecule has 2 N–H and O–H groups in total. The molecule has 0 saturated carbocycles. The standard InChI is InChI=1S/C11H12N4O2/c1-2-17-11-14-13-9(10(16)15(11)12)8-6-4-3-5-7-8/h3-7H,2,12H2,1H3. The van der Waals surface area contributed by atoms with Gasteiger partial charge in [-0.05, 0) is 6.92 Å². The monoisotopic (exact) mass is 232 g/mol. The summed E-state index contributed by atoms with van der Waals surface area (Å²) in [6, 6.07) is 9.03. The Kier molecular flexibility index (Phi) is 3.04. The average Bonchev–Trinajstić information content (AvgIpc) is 2.36. The highest BCUT2D eigenvalue weighted by atomic mass is 16.5. The summed E-state index contributed by atoms with van der Waals surface area (Å²) in [4.78, 5) is 11.9. The molecule has 0 amide bonds. The lowest BCUT2D eigenvalue weighted by molar-refractivity contribution is 0.294. The smallest absolute Gasteiger partial charge is 0.337 e. The number of hydrogen-bond donors (Lipinski definition) is 1. The average molecular weight is 232 g/mol. The summed E-state index contributed by atoms with van der Waals surface area (Å²) >= 11 is 0. The summed E-state index contributed by atoms with van der Waals surface area (Å²) in [5.74, 6) is 5.58. The molecule has 88 valence electrons. The molecule has 0 spiro atoms. The van der Waals surface area contributed by atoms with E-state index in [9.17, 15) is 4.79 Å². The Morgan fingerprint density at radius 2 is 2.00 bits per heavy atom. The zero-order valence-corrected chi connectivity index (χ0v) is 9.33. The van der Waals surface area contributed by atoms with E-state index in [1.54, 1.807) is 19.1 Å².